The maximum absolute atomic E-state index is 11.0. The lowest BCUT2D eigenvalue weighted by Crippen LogP contribution is -2.08. The number of thiazole rings is 1. The molecule has 3 aromatic rings. The van der Waals surface area contributed by atoms with Crippen molar-refractivity contribution in [2.45, 2.75) is 0 Å². The fraction of sp³-hybridized carbons (Fsp3) is 0. The zero-order valence-electron chi connectivity index (χ0n) is 10.4. The molecule has 6 nitrogen and oxygen atoms in total. The van der Waals surface area contributed by atoms with Gasteiger partial charge in [0.05, 0.1) is 12.5 Å². The summed E-state index contributed by atoms with van der Waals surface area (Å²) in [7, 11) is 0. The minimum absolute atomic E-state index is 0.433. The van der Waals surface area contributed by atoms with Crippen LogP contribution in [0, 0.1) is 0 Å². The Morgan fingerprint density at radius 2 is 2.10 bits per heavy atom. The monoisotopic (exact) mass is 285 g/mol. The SMILES string of the molecule is NC(=O)c1cnc(Nc2ccc(-n3ccnc3)cc2)s1. The van der Waals surface area contributed by atoms with Crippen LogP contribution in [0.25, 0.3) is 5.69 Å². The number of imidazole rings is 1. The number of nitrogens with zero attached hydrogens (tertiary/aromatic N) is 3. The van der Waals surface area contributed by atoms with Gasteiger partial charge in [-0.3, -0.25) is 4.79 Å². The zero-order chi connectivity index (χ0) is 13.9. The Bertz CT molecular complexity index is 718. The van der Waals surface area contributed by atoms with Gasteiger partial charge >= 0.3 is 0 Å². The van der Waals surface area contributed by atoms with Gasteiger partial charge in [-0.15, -0.1) is 0 Å². The first-order chi connectivity index (χ1) is 9.72. The van der Waals surface area contributed by atoms with E-state index >= 15 is 0 Å². The molecule has 0 unspecified atom stereocenters. The molecule has 3 rings (SSSR count). The summed E-state index contributed by atoms with van der Waals surface area (Å²) in [6, 6.07) is 7.79. The molecule has 0 saturated carbocycles. The maximum atomic E-state index is 11.0. The lowest BCUT2D eigenvalue weighted by atomic mass is 10.3. The Morgan fingerprint density at radius 3 is 2.70 bits per heavy atom. The molecular weight excluding hydrogens is 274 g/mol. The lowest BCUT2D eigenvalue weighted by Gasteiger charge is -2.05. The van der Waals surface area contributed by atoms with Crippen LogP contribution in [0.5, 0.6) is 0 Å². The molecule has 0 atom stereocenters. The van der Waals surface area contributed by atoms with Gasteiger partial charge in [-0.25, -0.2) is 9.97 Å². The second-order valence-corrected chi connectivity index (χ2v) is 5.07. The highest BCUT2D eigenvalue weighted by molar-refractivity contribution is 7.17. The molecule has 0 bridgehead atoms. The summed E-state index contributed by atoms with van der Waals surface area (Å²) >= 11 is 1.23. The fourth-order valence-electron chi connectivity index (χ4n) is 1.70. The van der Waals surface area contributed by atoms with E-state index in [1.807, 2.05) is 35.0 Å². The molecule has 1 amide bonds. The summed E-state index contributed by atoms with van der Waals surface area (Å²) in [5.74, 6) is -0.467. The number of rotatable bonds is 4. The minimum atomic E-state index is -0.467. The van der Waals surface area contributed by atoms with E-state index in [-0.39, 0.29) is 0 Å². The van der Waals surface area contributed by atoms with Crippen LogP contribution in [0.3, 0.4) is 0 Å². The summed E-state index contributed by atoms with van der Waals surface area (Å²) in [5.41, 5.74) is 7.10. The van der Waals surface area contributed by atoms with Gasteiger partial charge in [0.25, 0.3) is 5.91 Å². The van der Waals surface area contributed by atoms with Crippen molar-refractivity contribution in [3.63, 3.8) is 0 Å². The highest BCUT2D eigenvalue weighted by atomic mass is 32.1. The lowest BCUT2D eigenvalue weighted by molar-refractivity contribution is 0.100. The topological polar surface area (TPSA) is 85.8 Å². The van der Waals surface area contributed by atoms with Crippen LogP contribution in [-0.2, 0) is 0 Å². The molecule has 20 heavy (non-hydrogen) atoms. The van der Waals surface area contributed by atoms with Gasteiger partial charge in [0, 0.05) is 23.8 Å². The van der Waals surface area contributed by atoms with Gasteiger partial charge < -0.3 is 15.6 Å². The third-order valence-electron chi connectivity index (χ3n) is 2.67. The van der Waals surface area contributed by atoms with E-state index in [4.69, 9.17) is 5.73 Å². The molecule has 2 heterocycles. The average molecular weight is 285 g/mol. The number of benzene rings is 1. The maximum Gasteiger partial charge on any atom is 0.260 e. The Labute approximate surface area is 118 Å². The zero-order valence-corrected chi connectivity index (χ0v) is 11.2. The number of carbonyl (C=O) groups excluding carboxylic acids is 1. The fourth-order valence-corrected chi connectivity index (χ4v) is 2.39. The normalized spacial score (nSPS) is 10.4. The Balaban J connectivity index is 1.76. The number of hydrogen-bond donors (Lipinski definition) is 2. The van der Waals surface area contributed by atoms with E-state index < -0.39 is 5.91 Å². The number of primary amides is 1. The molecule has 2 aromatic heterocycles. The smallest absolute Gasteiger partial charge is 0.260 e. The second kappa shape index (κ2) is 5.14. The molecule has 0 saturated heterocycles. The first kappa shape index (κ1) is 12.4. The third-order valence-corrected chi connectivity index (χ3v) is 3.60. The van der Waals surface area contributed by atoms with Gasteiger partial charge in [-0.05, 0) is 24.3 Å². The van der Waals surface area contributed by atoms with Crippen molar-refractivity contribution in [3.8, 4) is 5.69 Å². The van der Waals surface area contributed by atoms with Crippen LogP contribution in [-0.4, -0.2) is 20.4 Å². The molecule has 7 heteroatoms. The Kier molecular flexibility index (Phi) is 3.18. The minimum Gasteiger partial charge on any atom is -0.365 e. The van der Waals surface area contributed by atoms with Crippen LogP contribution < -0.4 is 11.1 Å². The molecule has 3 N–H and O–H groups in total. The predicted molar refractivity (Wildman–Crippen MR) is 77.5 cm³/mol. The van der Waals surface area contributed by atoms with Crippen molar-refractivity contribution in [1.29, 1.82) is 0 Å². The highest BCUT2D eigenvalue weighted by Crippen LogP contribution is 2.23. The first-order valence-corrected chi connectivity index (χ1v) is 6.65. The molecule has 100 valence electrons. The summed E-state index contributed by atoms with van der Waals surface area (Å²) in [6.07, 6.45) is 6.81. The summed E-state index contributed by atoms with van der Waals surface area (Å²) in [4.78, 5) is 19.5. The Hall–Kier alpha value is -2.67. The van der Waals surface area contributed by atoms with Crippen LogP contribution in [0.2, 0.25) is 0 Å². The number of amides is 1. The molecule has 1 aromatic carbocycles. The van der Waals surface area contributed by atoms with Crippen LogP contribution in [0.4, 0.5) is 10.8 Å². The molecule has 0 radical (unpaired) electrons. The van der Waals surface area contributed by atoms with Crippen molar-refractivity contribution >= 4 is 28.1 Å². The number of carbonyl (C=O) groups is 1. The van der Waals surface area contributed by atoms with Crippen molar-refractivity contribution in [3.05, 3.63) is 54.1 Å². The van der Waals surface area contributed by atoms with Gasteiger partial charge in [-0.1, -0.05) is 11.3 Å². The average Bonchev–Trinajstić information content (AvgIpc) is 3.10. The predicted octanol–water partition coefficient (Wildman–Crippen LogP) is 2.17. The molecule has 0 aliphatic carbocycles. The van der Waals surface area contributed by atoms with Crippen molar-refractivity contribution < 1.29 is 4.79 Å². The van der Waals surface area contributed by atoms with Gasteiger partial charge in [0.1, 0.15) is 4.88 Å². The van der Waals surface area contributed by atoms with Crippen LogP contribution in [0.1, 0.15) is 9.67 Å². The van der Waals surface area contributed by atoms with E-state index in [0.29, 0.717) is 10.0 Å². The summed E-state index contributed by atoms with van der Waals surface area (Å²) < 4.78 is 1.92. The molecular formula is C13H11N5OS. The van der Waals surface area contributed by atoms with E-state index in [2.05, 4.69) is 15.3 Å². The molecule has 0 fully saturated rings. The van der Waals surface area contributed by atoms with Gasteiger partial charge in [0.2, 0.25) is 0 Å². The number of nitrogens with one attached hydrogen (secondary N) is 1. The summed E-state index contributed by atoms with van der Waals surface area (Å²) in [6.45, 7) is 0. The van der Waals surface area contributed by atoms with Crippen LogP contribution in [0.15, 0.2) is 49.2 Å². The number of hydrogen-bond acceptors (Lipinski definition) is 5. The summed E-state index contributed by atoms with van der Waals surface area (Å²) in [5, 5.41) is 3.76. The number of nitrogens with two attached hydrogens (primary N) is 1. The largest absolute Gasteiger partial charge is 0.365 e. The van der Waals surface area contributed by atoms with Crippen molar-refractivity contribution in [1.82, 2.24) is 14.5 Å². The Morgan fingerprint density at radius 1 is 1.30 bits per heavy atom. The van der Waals surface area contributed by atoms with Crippen molar-refractivity contribution in [2.24, 2.45) is 5.73 Å². The first-order valence-electron chi connectivity index (χ1n) is 5.83. The molecule has 0 aliphatic rings. The van der Waals surface area contributed by atoms with Gasteiger partial charge in [-0.2, -0.15) is 0 Å². The van der Waals surface area contributed by atoms with E-state index in [1.165, 1.54) is 17.5 Å². The van der Waals surface area contributed by atoms with Crippen molar-refractivity contribution in [2.75, 3.05) is 5.32 Å². The number of anilines is 2. The second-order valence-electron chi connectivity index (χ2n) is 4.04. The molecule has 0 spiro atoms. The standard InChI is InChI=1S/C13H11N5OS/c14-12(19)11-7-16-13(20-11)17-9-1-3-10(4-2-9)18-6-5-15-8-18/h1-8H,(H2,14,19)(H,16,17). The quantitative estimate of drug-likeness (QED) is 0.769. The van der Waals surface area contributed by atoms with Gasteiger partial charge in [0.15, 0.2) is 5.13 Å². The van der Waals surface area contributed by atoms with E-state index in [0.717, 1.165) is 11.4 Å². The van der Waals surface area contributed by atoms with E-state index in [1.54, 1.807) is 12.5 Å². The molecule has 0 aliphatic heterocycles. The third kappa shape index (κ3) is 2.52. The van der Waals surface area contributed by atoms with E-state index in [9.17, 15) is 4.79 Å². The highest BCUT2D eigenvalue weighted by Gasteiger charge is 2.06. The van der Waals surface area contributed by atoms with Crippen LogP contribution >= 0.6 is 11.3 Å². The number of aromatic nitrogens is 3.